The summed E-state index contributed by atoms with van der Waals surface area (Å²) in [6.07, 6.45) is 5.70. The molecule has 2 atom stereocenters. The van der Waals surface area contributed by atoms with Crippen LogP contribution in [0.1, 0.15) is 45.3 Å². The standard InChI is InChI=1S/C18H23NO4/c1-13(2)5-4-6-14(3)11-18-22-12-17(23-18)15-7-9-16(10-8-15)19(20)21/h5,7-11,17-18H,4,6,12H2,1-3H3. The van der Waals surface area contributed by atoms with Gasteiger partial charge in [0.05, 0.1) is 11.5 Å². The minimum absolute atomic E-state index is 0.0826. The highest BCUT2D eigenvalue weighted by Crippen LogP contribution is 2.29. The molecule has 5 heteroatoms. The lowest BCUT2D eigenvalue weighted by Crippen LogP contribution is -2.05. The van der Waals surface area contributed by atoms with Gasteiger partial charge in [0.1, 0.15) is 6.10 Å². The summed E-state index contributed by atoms with van der Waals surface area (Å²) in [5.74, 6) is 0. The summed E-state index contributed by atoms with van der Waals surface area (Å²) in [6, 6.07) is 6.43. The average molecular weight is 317 g/mol. The molecule has 0 aliphatic carbocycles. The number of nitro groups is 1. The van der Waals surface area contributed by atoms with Gasteiger partial charge in [0.15, 0.2) is 6.29 Å². The molecule has 23 heavy (non-hydrogen) atoms. The van der Waals surface area contributed by atoms with Crippen LogP contribution in [-0.4, -0.2) is 17.8 Å². The maximum atomic E-state index is 10.7. The Labute approximate surface area is 136 Å². The van der Waals surface area contributed by atoms with E-state index in [0.29, 0.717) is 6.61 Å². The van der Waals surface area contributed by atoms with Crippen molar-refractivity contribution in [2.24, 2.45) is 0 Å². The van der Waals surface area contributed by atoms with E-state index < -0.39 is 4.92 Å². The number of hydrogen-bond donors (Lipinski definition) is 0. The molecule has 1 aromatic rings. The van der Waals surface area contributed by atoms with Crippen molar-refractivity contribution in [1.82, 2.24) is 0 Å². The number of rotatable bonds is 6. The van der Waals surface area contributed by atoms with Crippen molar-refractivity contribution in [2.45, 2.75) is 46.0 Å². The van der Waals surface area contributed by atoms with E-state index in [2.05, 4.69) is 26.8 Å². The predicted molar refractivity (Wildman–Crippen MR) is 89.1 cm³/mol. The van der Waals surface area contributed by atoms with E-state index in [1.165, 1.54) is 23.3 Å². The van der Waals surface area contributed by atoms with Crippen LogP contribution in [0.5, 0.6) is 0 Å². The second kappa shape index (κ2) is 8.04. The third kappa shape index (κ3) is 5.30. The highest BCUT2D eigenvalue weighted by atomic mass is 16.7. The first kappa shape index (κ1) is 17.4. The molecule has 2 rings (SSSR count). The van der Waals surface area contributed by atoms with E-state index in [1.807, 2.05) is 6.08 Å². The fourth-order valence-corrected chi connectivity index (χ4v) is 2.40. The molecule has 0 N–H and O–H groups in total. The van der Waals surface area contributed by atoms with Crippen LogP contribution >= 0.6 is 0 Å². The molecule has 0 amide bonds. The van der Waals surface area contributed by atoms with E-state index in [9.17, 15) is 10.1 Å². The maximum Gasteiger partial charge on any atom is 0.269 e. The van der Waals surface area contributed by atoms with Crippen LogP contribution in [0.2, 0.25) is 0 Å². The van der Waals surface area contributed by atoms with Gasteiger partial charge in [-0.2, -0.15) is 0 Å². The maximum absolute atomic E-state index is 10.7. The highest BCUT2D eigenvalue weighted by Gasteiger charge is 2.26. The zero-order chi connectivity index (χ0) is 16.8. The fourth-order valence-electron chi connectivity index (χ4n) is 2.40. The molecular weight excluding hydrogens is 294 g/mol. The normalized spacial score (nSPS) is 21.3. The molecule has 0 spiro atoms. The van der Waals surface area contributed by atoms with Gasteiger partial charge in [-0.1, -0.05) is 17.2 Å². The van der Waals surface area contributed by atoms with Gasteiger partial charge in [-0.05, 0) is 57.4 Å². The van der Waals surface area contributed by atoms with Gasteiger partial charge in [0.2, 0.25) is 0 Å². The zero-order valence-electron chi connectivity index (χ0n) is 13.8. The zero-order valence-corrected chi connectivity index (χ0v) is 13.8. The van der Waals surface area contributed by atoms with Gasteiger partial charge >= 0.3 is 0 Å². The molecule has 1 aliphatic rings. The van der Waals surface area contributed by atoms with Gasteiger partial charge in [-0.25, -0.2) is 0 Å². The van der Waals surface area contributed by atoms with Crippen molar-refractivity contribution in [3.8, 4) is 0 Å². The van der Waals surface area contributed by atoms with E-state index in [-0.39, 0.29) is 18.1 Å². The van der Waals surface area contributed by atoms with Crippen molar-refractivity contribution in [2.75, 3.05) is 6.61 Å². The van der Waals surface area contributed by atoms with Crippen LogP contribution in [0.3, 0.4) is 0 Å². The SMILES string of the molecule is CC(C)=CCCC(C)=CC1OCC(c2ccc([N+](=O)[O-])cc2)O1. The Balaban J connectivity index is 1.90. The highest BCUT2D eigenvalue weighted by molar-refractivity contribution is 5.34. The molecule has 2 unspecified atom stereocenters. The summed E-state index contributed by atoms with van der Waals surface area (Å²) in [7, 11) is 0. The summed E-state index contributed by atoms with van der Waals surface area (Å²) >= 11 is 0. The van der Waals surface area contributed by atoms with Crippen LogP contribution < -0.4 is 0 Å². The van der Waals surface area contributed by atoms with Crippen LogP contribution in [0.15, 0.2) is 47.6 Å². The summed E-state index contributed by atoms with van der Waals surface area (Å²) in [5, 5.41) is 10.7. The van der Waals surface area contributed by atoms with E-state index >= 15 is 0 Å². The quantitative estimate of drug-likeness (QED) is 0.433. The number of nitrogens with zero attached hydrogens (tertiary/aromatic N) is 1. The largest absolute Gasteiger partial charge is 0.346 e. The Bertz CT molecular complexity index is 600. The molecule has 124 valence electrons. The lowest BCUT2D eigenvalue weighted by Gasteiger charge is -2.10. The Morgan fingerprint density at radius 3 is 2.61 bits per heavy atom. The van der Waals surface area contributed by atoms with Crippen molar-refractivity contribution in [1.29, 1.82) is 0 Å². The Morgan fingerprint density at radius 1 is 1.30 bits per heavy atom. The van der Waals surface area contributed by atoms with Crippen LogP contribution in [0.4, 0.5) is 5.69 Å². The van der Waals surface area contributed by atoms with Crippen molar-refractivity contribution < 1.29 is 14.4 Å². The van der Waals surface area contributed by atoms with E-state index in [4.69, 9.17) is 9.47 Å². The number of hydrogen-bond acceptors (Lipinski definition) is 4. The van der Waals surface area contributed by atoms with Crippen molar-refractivity contribution in [3.63, 3.8) is 0 Å². The first-order valence-corrected chi connectivity index (χ1v) is 7.78. The first-order valence-electron chi connectivity index (χ1n) is 7.78. The summed E-state index contributed by atoms with van der Waals surface area (Å²) in [5.41, 5.74) is 3.54. The minimum Gasteiger partial charge on any atom is -0.346 e. The number of non-ortho nitro benzene ring substituents is 1. The summed E-state index contributed by atoms with van der Waals surface area (Å²) in [6.45, 7) is 6.72. The topological polar surface area (TPSA) is 61.6 Å². The van der Waals surface area contributed by atoms with Gasteiger partial charge in [0.25, 0.3) is 5.69 Å². The lowest BCUT2D eigenvalue weighted by atomic mass is 10.1. The smallest absolute Gasteiger partial charge is 0.269 e. The number of benzene rings is 1. The monoisotopic (exact) mass is 317 g/mol. The lowest BCUT2D eigenvalue weighted by molar-refractivity contribution is -0.384. The van der Waals surface area contributed by atoms with Crippen molar-refractivity contribution >= 4 is 5.69 Å². The molecule has 0 saturated carbocycles. The second-order valence-electron chi connectivity index (χ2n) is 6.01. The molecule has 5 nitrogen and oxygen atoms in total. The second-order valence-corrected chi connectivity index (χ2v) is 6.01. The summed E-state index contributed by atoms with van der Waals surface area (Å²) < 4.78 is 11.5. The Hall–Kier alpha value is -1.98. The molecular formula is C18H23NO4. The third-order valence-corrected chi connectivity index (χ3v) is 3.70. The van der Waals surface area contributed by atoms with Crippen molar-refractivity contribution in [3.05, 3.63) is 63.2 Å². The van der Waals surface area contributed by atoms with Crippen LogP contribution in [-0.2, 0) is 9.47 Å². The number of ether oxygens (including phenoxy) is 2. The third-order valence-electron chi connectivity index (χ3n) is 3.70. The minimum atomic E-state index is -0.406. The first-order chi connectivity index (χ1) is 11.0. The van der Waals surface area contributed by atoms with Crippen LogP contribution in [0.25, 0.3) is 0 Å². The molecule has 1 fully saturated rings. The van der Waals surface area contributed by atoms with E-state index in [1.54, 1.807) is 12.1 Å². The van der Waals surface area contributed by atoms with E-state index in [0.717, 1.165) is 18.4 Å². The Kier molecular flexibility index (Phi) is 6.07. The van der Waals surface area contributed by atoms with Gasteiger partial charge in [-0.15, -0.1) is 0 Å². The van der Waals surface area contributed by atoms with Gasteiger partial charge in [0, 0.05) is 12.1 Å². The number of allylic oxidation sites excluding steroid dienone is 3. The van der Waals surface area contributed by atoms with Crippen LogP contribution in [0, 0.1) is 10.1 Å². The molecule has 1 aromatic carbocycles. The average Bonchev–Trinajstić information content (AvgIpc) is 2.95. The number of nitro benzene ring substituents is 1. The summed E-state index contributed by atoms with van der Waals surface area (Å²) in [4.78, 5) is 10.3. The Morgan fingerprint density at radius 2 is 2.00 bits per heavy atom. The molecule has 1 heterocycles. The molecule has 0 aromatic heterocycles. The molecule has 0 bridgehead atoms. The predicted octanol–water partition coefficient (Wildman–Crippen LogP) is 4.70. The molecule has 1 saturated heterocycles. The van der Waals surface area contributed by atoms with Gasteiger partial charge in [-0.3, -0.25) is 10.1 Å². The molecule has 0 radical (unpaired) electrons. The van der Waals surface area contributed by atoms with Gasteiger partial charge < -0.3 is 9.47 Å². The fraction of sp³-hybridized carbons (Fsp3) is 0.444. The molecule has 1 aliphatic heterocycles.